The van der Waals surface area contributed by atoms with Crippen LogP contribution in [0.15, 0.2) is 12.7 Å². The molecule has 2 unspecified atom stereocenters. The average molecular weight is 479 g/mol. The van der Waals surface area contributed by atoms with Crippen LogP contribution < -0.4 is 0 Å². The molecule has 1 saturated heterocycles. The van der Waals surface area contributed by atoms with Crippen LogP contribution in [0.1, 0.15) is 54.9 Å². The van der Waals surface area contributed by atoms with Gasteiger partial charge in [0.2, 0.25) is 0 Å². The first kappa shape index (κ1) is 27.0. The van der Waals surface area contributed by atoms with Crippen molar-refractivity contribution in [1.29, 1.82) is 0 Å². The van der Waals surface area contributed by atoms with Gasteiger partial charge in [-0.1, -0.05) is 55.0 Å². The van der Waals surface area contributed by atoms with Crippen LogP contribution in [0.3, 0.4) is 0 Å². The number of carbonyl (C=O) groups is 1. The van der Waals surface area contributed by atoms with Gasteiger partial charge in [-0.25, -0.2) is 4.79 Å². The van der Waals surface area contributed by atoms with E-state index < -0.39 is 45.9 Å². The van der Waals surface area contributed by atoms with Gasteiger partial charge < -0.3 is 21.2 Å². The summed E-state index contributed by atoms with van der Waals surface area (Å²) in [6.45, 7) is 26.7. The molecule has 0 aromatic carbocycles. The molecule has 1 aliphatic rings. The van der Waals surface area contributed by atoms with E-state index in [-0.39, 0.29) is 16.6 Å². The van der Waals surface area contributed by atoms with Gasteiger partial charge in [0.05, 0.1) is 0 Å². The van der Waals surface area contributed by atoms with E-state index >= 15 is 0 Å². The topological polar surface area (TPSA) is 63.2 Å². The Kier molecular flexibility index (Phi) is 8.92. The maximum Gasteiger partial charge on any atom is 0.365 e. The largest absolute Gasteiger partial charge is 0.457 e. The Hall–Kier alpha value is -0.0825. The second-order valence-corrected chi connectivity index (χ2v) is 25.5. The van der Waals surface area contributed by atoms with Gasteiger partial charge in [0.15, 0.2) is 0 Å². The monoisotopic (exact) mass is 478 g/mol. The molecular weight excluding hydrogens is 437 g/mol. The molecule has 0 saturated carbocycles. The highest BCUT2D eigenvalue weighted by atomic mass is 28.5. The third kappa shape index (κ3) is 6.00. The maximum absolute atomic E-state index is 12.2. The van der Waals surface area contributed by atoms with Gasteiger partial charge in [-0.2, -0.15) is 0 Å². The predicted octanol–water partition coefficient (Wildman–Crippen LogP) is 5.63. The molecule has 0 aliphatic carbocycles. The normalized spacial score (nSPS) is 27.4. The Labute approximate surface area is 182 Å². The molecule has 29 heavy (non-hydrogen) atoms. The summed E-state index contributed by atoms with van der Waals surface area (Å²) in [4.78, 5) is 12.2. The van der Waals surface area contributed by atoms with Crippen LogP contribution in [-0.4, -0.2) is 45.9 Å². The molecule has 1 rings (SSSR count). The standard InChI is InChI=1S/C19H42O6Si4/c1-13-18(20)21-19(14-2)29(17(7)8)24-27(11,12)22-26(9,10)23-28(25-29,15(3)4)16(5)6/h13,15-17,19H,1,14H2,2-12H3. The lowest BCUT2D eigenvalue weighted by Crippen LogP contribution is -2.73. The van der Waals surface area contributed by atoms with Crippen molar-refractivity contribution in [2.75, 3.05) is 0 Å². The van der Waals surface area contributed by atoms with Gasteiger partial charge in [0, 0.05) is 6.08 Å². The molecule has 0 radical (unpaired) electrons. The lowest BCUT2D eigenvalue weighted by Gasteiger charge is -2.55. The molecule has 1 fully saturated rings. The Bertz CT molecular complexity index is 585. The molecule has 170 valence electrons. The second-order valence-electron chi connectivity index (χ2n) is 9.65. The molecule has 0 spiro atoms. The average Bonchev–Trinajstić information content (AvgIpc) is 2.54. The molecule has 1 heterocycles. The Morgan fingerprint density at radius 1 is 0.828 bits per heavy atom. The van der Waals surface area contributed by atoms with Gasteiger partial charge in [-0.05, 0) is 49.2 Å². The van der Waals surface area contributed by atoms with E-state index in [1.54, 1.807) is 0 Å². The third-order valence-corrected chi connectivity index (χ3v) is 24.5. The SMILES string of the molecule is C=CC(=O)OC(CC)[Si]1(C(C)C)O[Si](C)(C)O[Si](C)(C)O[Si](C(C)C)(C(C)C)O1. The summed E-state index contributed by atoms with van der Waals surface area (Å²) >= 11 is 0. The lowest BCUT2D eigenvalue weighted by atomic mass is 10.5. The highest BCUT2D eigenvalue weighted by Crippen LogP contribution is 2.46. The van der Waals surface area contributed by atoms with Crippen molar-refractivity contribution >= 4 is 40.2 Å². The predicted molar refractivity (Wildman–Crippen MR) is 126 cm³/mol. The van der Waals surface area contributed by atoms with E-state index in [0.29, 0.717) is 6.42 Å². The summed E-state index contributed by atoms with van der Waals surface area (Å²) in [6, 6.07) is 0. The van der Waals surface area contributed by atoms with Crippen LogP contribution in [0.4, 0.5) is 0 Å². The zero-order chi connectivity index (χ0) is 22.8. The number of ether oxygens (including phenoxy) is 1. The van der Waals surface area contributed by atoms with Crippen molar-refractivity contribution in [1.82, 2.24) is 0 Å². The molecule has 10 heteroatoms. The van der Waals surface area contributed by atoms with E-state index in [4.69, 9.17) is 21.2 Å². The first-order valence-corrected chi connectivity index (χ1v) is 20.3. The Balaban J connectivity index is 3.73. The third-order valence-electron chi connectivity index (χ3n) is 5.28. The minimum atomic E-state index is -3.11. The molecular formula is C19H42O6Si4. The summed E-state index contributed by atoms with van der Waals surface area (Å²) in [5.41, 5.74) is -0.0132. The number of esters is 1. The highest BCUT2D eigenvalue weighted by Gasteiger charge is 2.64. The van der Waals surface area contributed by atoms with E-state index in [1.165, 1.54) is 6.08 Å². The quantitative estimate of drug-likeness (QED) is 0.268. The minimum absolute atomic E-state index is 0.0521. The van der Waals surface area contributed by atoms with Crippen molar-refractivity contribution in [2.45, 2.75) is 103 Å². The Morgan fingerprint density at radius 2 is 1.24 bits per heavy atom. The van der Waals surface area contributed by atoms with Gasteiger partial charge in [-0.15, -0.1) is 0 Å². The summed E-state index contributed by atoms with van der Waals surface area (Å²) in [6.07, 6.45) is 1.81. The van der Waals surface area contributed by atoms with Crippen molar-refractivity contribution in [2.24, 2.45) is 0 Å². The van der Waals surface area contributed by atoms with Crippen molar-refractivity contribution in [3.8, 4) is 0 Å². The van der Waals surface area contributed by atoms with E-state index in [9.17, 15) is 4.79 Å². The van der Waals surface area contributed by atoms with Crippen LogP contribution in [0, 0.1) is 0 Å². The number of carbonyl (C=O) groups excluding carboxylic acids is 1. The van der Waals surface area contributed by atoms with Crippen LogP contribution in [-0.2, 0) is 26.0 Å². The highest BCUT2D eigenvalue weighted by molar-refractivity contribution is 6.95. The minimum Gasteiger partial charge on any atom is -0.457 e. The molecule has 0 bridgehead atoms. The fraction of sp³-hybridized carbons (Fsp3) is 0.842. The molecule has 0 amide bonds. The van der Waals surface area contributed by atoms with Crippen molar-refractivity contribution in [3.63, 3.8) is 0 Å². The summed E-state index contributed by atoms with van der Waals surface area (Å²) < 4.78 is 33.5. The van der Waals surface area contributed by atoms with Gasteiger partial charge in [0.25, 0.3) is 0 Å². The van der Waals surface area contributed by atoms with Crippen molar-refractivity contribution < 1.29 is 26.0 Å². The molecule has 0 aromatic rings. The molecule has 6 nitrogen and oxygen atoms in total. The van der Waals surface area contributed by atoms with Gasteiger partial charge in [0.1, 0.15) is 5.73 Å². The molecule has 1 aliphatic heterocycles. The lowest BCUT2D eigenvalue weighted by molar-refractivity contribution is -0.141. The number of rotatable bonds is 7. The second kappa shape index (κ2) is 9.59. The Morgan fingerprint density at radius 3 is 1.59 bits per heavy atom. The van der Waals surface area contributed by atoms with Crippen LogP contribution in [0.2, 0.25) is 42.8 Å². The van der Waals surface area contributed by atoms with Crippen LogP contribution in [0.5, 0.6) is 0 Å². The first-order valence-electron chi connectivity index (χ1n) is 10.7. The van der Waals surface area contributed by atoms with E-state index in [2.05, 4.69) is 61.2 Å². The smallest absolute Gasteiger partial charge is 0.365 e. The number of hydrogen-bond donors (Lipinski definition) is 0. The molecule has 2 atom stereocenters. The summed E-state index contributed by atoms with van der Waals surface area (Å²) in [5.74, 6) is -0.448. The van der Waals surface area contributed by atoms with Crippen LogP contribution in [0.25, 0.3) is 0 Å². The number of hydrogen-bond acceptors (Lipinski definition) is 6. The summed E-state index contributed by atoms with van der Waals surface area (Å²) in [7, 11) is -11.0. The zero-order valence-electron chi connectivity index (χ0n) is 20.3. The zero-order valence-corrected chi connectivity index (χ0v) is 24.3. The van der Waals surface area contributed by atoms with Gasteiger partial charge >= 0.3 is 40.2 Å². The fourth-order valence-electron chi connectivity index (χ4n) is 4.21. The van der Waals surface area contributed by atoms with E-state index in [1.807, 2.05) is 20.0 Å². The van der Waals surface area contributed by atoms with Crippen LogP contribution >= 0.6 is 0 Å². The molecule has 0 N–H and O–H groups in total. The molecule has 0 aromatic heterocycles. The fourth-order valence-corrected chi connectivity index (χ4v) is 28.9. The van der Waals surface area contributed by atoms with Crippen molar-refractivity contribution in [3.05, 3.63) is 12.7 Å². The maximum atomic E-state index is 12.2. The first-order chi connectivity index (χ1) is 13.1. The van der Waals surface area contributed by atoms with E-state index in [0.717, 1.165) is 0 Å². The summed E-state index contributed by atoms with van der Waals surface area (Å²) in [5, 5.41) is 0. The van der Waals surface area contributed by atoms with Gasteiger partial charge in [-0.3, -0.25) is 0 Å².